The summed E-state index contributed by atoms with van der Waals surface area (Å²) in [6, 6.07) is 4.59. The highest BCUT2D eigenvalue weighted by molar-refractivity contribution is 6.19. The number of carbonyl (C=O) groups is 2. The maximum absolute atomic E-state index is 14.0. The molecule has 5 aliphatic rings. The molecule has 1 saturated carbocycles. The minimum absolute atomic E-state index is 0.0124. The fourth-order valence-corrected chi connectivity index (χ4v) is 8.26. The van der Waals surface area contributed by atoms with E-state index in [9.17, 15) is 35.2 Å². The van der Waals surface area contributed by atoms with Gasteiger partial charge in [0.1, 0.15) is 22.9 Å². The van der Waals surface area contributed by atoms with Crippen molar-refractivity contribution in [1.29, 1.82) is 0 Å². The van der Waals surface area contributed by atoms with E-state index in [0.29, 0.717) is 12.8 Å². The van der Waals surface area contributed by atoms with Gasteiger partial charge < -0.3 is 45.6 Å². The van der Waals surface area contributed by atoms with Crippen molar-refractivity contribution >= 4 is 23.0 Å². The third-order valence-corrected chi connectivity index (χ3v) is 11.0. The van der Waals surface area contributed by atoms with Crippen LogP contribution in [0.1, 0.15) is 94.4 Å². The fourth-order valence-electron chi connectivity index (χ4n) is 8.26. The number of hydroxylamine groups is 2. The van der Waals surface area contributed by atoms with Crippen LogP contribution < -0.4 is 10.5 Å². The smallest absolute Gasteiger partial charge is 0.179 e. The molecule has 3 aliphatic carbocycles. The van der Waals surface area contributed by atoms with Gasteiger partial charge in [-0.15, -0.1) is 0 Å². The lowest BCUT2D eigenvalue weighted by Crippen LogP contribution is -2.59. The monoisotopic (exact) mass is 696 g/mol. The zero-order chi connectivity index (χ0) is 36.7. The fraction of sp³-hybridized carbons (Fsp3) is 0.611. The van der Waals surface area contributed by atoms with Crippen LogP contribution in [0.25, 0.3) is 0 Å². The summed E-state index contributed by atoms with van der Waals surface area (Å²) < 4.78 is 17.5. The Bertz CT molecular complexity index is 1720. The number of ether oxygens (including phenoxy) is 3. The van der Waals surface area contributed by atoms with E-state index in [0.717, 1.165) is 5.71 Å². The van der Waals surface area contributed by atoms with Gasteiger partial charge in [0.15, 0.2) is 17.9 Å². The summed E-state index contributed by atoms with van der Waals surface area (Å²) in [5, 5.41) is 67.5. The predicted molar refractivity (Wildman–Crippen MR) is 182 cm³/mol. The van der Waals surface area contributed by atoms with Gasteiger partial charge >= 0.3 is 0 Å². The summed E-state index contributed by atoms with van der Waals surface area (Å²) in [7, 11) is 1.37. The van der Waals surface area contributed by atoms with Crippen molar-refractivity contribution in [2.45, 2.75) is 114 Å². The molecule has 0 bridgehead atoms. The first-order chi connectivity index (χ1) is 23.2. The molecule has 50 heavy (non-hydrogen) atoms. The van der Waals surface area contributed by atoms with Crippen molar-refractivity contribution in [2.75, 3.05) is 13.7 Å². The van der Waals surface area contributed by atoms with Crippen LogP contribution in [0, 0.1) is 11.8 Å². The van der Waals surface area contributed by atoms with Crippen molar-refractivity contribution in [3.8, 4) is 5.75 Å². The van der Waals surface area contributed by atoms with Crippen molar-refractivity contribution in [3.63, 3.8) is 0 Å². The highest BCUT2D eigenvalue weighted by Crippen LogP contribution is 2.52. The number of rotatable bonds is 5. The molecule has 2 saturated heterocycles. The number of nitrogens with zero attached hydrogens (tertiary/aromatic N) is 3. The van der Waals surface area contributed by atoms with Crippen LogP contribution in [-0.2, 0) is 9.47 Å². The summed E-state index contributed by atoms with van der Waals surface area (Å²) in [4.78, 5) is 28.0. The molecule has 2 aliphatic heterocycles. The van der Waals surface area contributed by atoms with Crippen LogP contribution in [0.5, 0.6) is 5.75 Å². The largest absolute Gasteiger partial charge is 0.511 e. The van der Waals surface area contributed by atoms with Crippen LogP contribution in [-0.4, -0.2) is 108 Å². The Kier molecular flexibility index (Phi) is 8.95. The number of Topliss-reactive ketones (excluding diaryl/α,β-unsaturated/α-hetero) is 2. The quantitative estimate of drug-likeness (QED) is 0.193. The van der Waals surface area contributed by atoms with Crippen molar-refractivity contribution in [2.24, 2.45) is 27.8 Å². The normalized spacial score (nSPS) is 35.8. The number of carbonyl (C=O) groups excluding carboxylic acids is 2. The van der Waals surface area contributed by atoms with Crippen molar-refractivity contribution in [3.05, 3.63) is 52.0 Å². The Morgan fingerprint density at radius 2 is 1.64 bits per heavy atom. The lowest BCUT2D eigenvalue weighted by Gasteiger charge is -2.48. The number of aliphatic hydroxyl groups excluding tert-OH is 3. The Hall–Kier alpha value is -3.50. The zero-order valence-electron chi connectivity index (χ0n) is 29.6. The van der Waals surface area contributed by atoms with E-state index in [2.05, 4.69) is 10.2 Å². The molecule has 0 aromatic heterocycles. The lowest BCUT2D eigenvalue weighted by atomic mass is 9.63. The molecule has 1 aromatic carbocycles. The van der Waals surface area contributed by atoms with Crippen LogP contribution in [0.15, 0.2) is 51.1 Å². The number of benzene rings is 1. The second kappa shape index (κ2) is 12.3. The van der Waals surface area contributed by atoms with Gasteiger partial charge in [0, 0.05) is 71.1 Å². The summed E-state index contributed by atoms with van der Waals surface area (Å²) in [5.41, 5.74) is 3.33. The average molecular weight is 697 g/mol. The number of ketones is 2. The average Bonchev–Trinajstić information content (AvgIpc) is 3.03. The van der Waals surface area contributed by atoms with E-state index in [1.165, 1.54) is 18.2 Å². The molecule has 0 radical (unpaired) electrons. The highest BCUT2D eigenvalue weighted by Gasteiger charge is 2.56. The highest BCUT2D eigenvalue weighted by atomic mass is 16.7. The maximum atomic E-state index is 14.0. The van der Waals surface area contributed by atoms with Gasteiger partial charge in [0.25, 0.3) is 0 Å². The van der Waals surface area contributed by atoms with Crippen molar-refractivity contribution in [1.82, 2.24) is 5.06 Å². The number of nitrogens with two attached hydrogens (primary N) is 1. The van der Waals surface area contributed by atoms with E-state index in [4.69, 9.17) is 19.9 Å². The lowest BCUT2D eigenvalue weighted by molar-refractivity contribution is -0.226. The Balaban J connectivity index is 1.43. The summed E-state index contributed by atoms with van der Waals surface area (Å²) in [5.74, 6) is -4.82. The second-order valence-corrected chi connectivity index (χ2v) is 15.9. The minimum Gasteiger partial charge on any atom is -0.511 e. The first-order valence-corrected chi connectivity index (χ1v) is 16.9. The van der Waals surface area contributed by atoms with Gasteiger partial charge in [0.05, 0.1) is 49.0 Å². The van der Waals surface area contributed by atoms with Gasteiger partial charge in [-0.05, 0) is 47.6 Å². The van der Waals surface area contributed by atoms with Crippen LogP contribution in [0.3, 0.4) is 0 Å². The van der Waals surface area contributed by atoms with Gasteiger partial charge in [-0.25, -0.2) is 0 Å². The molecule has 14 nitrogen and oxygen atoms in total. The summed E-state index contributed by atoms with van der Waals surface area (Å²) >= 11 is 0. The van der Waals surface area contributed by atoms with Crippen LogP contribution >= 0.6 is 0 Å². The number of hydrogen-bond acceptors (Lipinski definition) is 14. The molecular weight excluding hydrogens is 648 g/mol. The van der Waals surface area contributed by atoms with Crippen molar-refractivity contribution < 1.29 is 49.4 Å². The van der Waals surface area contributed by atoms with E-state index >= 15 is 0 Å². The van der Waals surface area contributed by atoms with Crippen LogP contribution in [0.4, 0.5) is 0 Å². The van der Waals surface area contributed by atoms with Gasteiger partial charge in [0.2, 0.25) is 0 Å². The number of fused-ring (bicyclic) bond motifs is 3. The summed E-state index contributed by atoms with van der Waals surface area (Å²) in [6.45, 7) is 10.7. The standard InChI is InChI=1S/C36H48N4O10/c1-17(38-39-18-11-33(2,3)40(47)34(4,5)12-18)36(46)13-20-26(22(14-36)50-24-15-35(6,37)23(41)16-49-24)32(45)28-27(30(20)43)29(42)19-9-8-10-21(48-7)25(19)31(28)44/h8-10,22-24,27-28,41,43,45-47H,11-16,37H2,1-7H3. The molecule has 2 heterocycles. The molecule has 0 amide bonds. The SMILES string of the molecule is COc1cccc2c1C(=O)C1C(O)=C3C(=C(O)C1C2=O)CC(O)(C(C)=NN=C1CC(C)(C)N(O)C(C)(C)C1)CC3OC1CC(C)(N)C(O)CO1. The zero-order valence-corrected chi connectivity index (χ0v) is 29.6. The Labute approximate surface area is 290 Å². The molecule has 272 valence electrons. The third kappa shape index (κ3) is 5.90. The molecule has 7 atom stereocenters. The molecule has 7 unspecified atom stereocenters. The van der Waals surface area contributed by atoms with Crippen LogP contribution in [0.2, 0.25) is 0 Å². The second-order valence-electron chi connectivity index (χ2n) is 15.9. The van der Waals surface area contributed by atoms with E-state index in [1.807, 2.05) is 27.7 Å². The predicted octanol–water partition coefficient (Wildman–Crippen LogP) is 3.54. The molecule has 7 N–H and O–H groups in total. The number of allylic oxidation sites excluding steroid dienone is 2. The van der Waals surface area contributed by atoms with Gasteiger partial charge in [-0.3, -0.25) is 9.59 Å². The molecular formula is C36H48N4O10. The summed E-state index contributed by atoms with van der Waals surface area (Å²) in [6.07, 6.45) is -2.67. The third-order valence-electron chi connectivity index (χ3n) is 11.0. The molecule has 6 rings (SSSR count). The number of piperidine rings is 1. The van der Waals surface area contributed by atoms with E-state index < -0.39 is 75.6 Å². The number of methoxy groups -OCH3 is 1. The maximum Gasteiger partial charge on any atom is 0.179 e. The molecule has 1 aromatic rings. The first kappa shape index (κ1) is 36.3. The Morgan fingerprint density at radius 3 is 2.26 bits per heavy atom. The Morgan fingerprint density at radius 1 is 1.00 bits per heavy atom. The van der Waals surface area contributed by atoms with Gasteiger partial charge in [-0.1, -0.05) is 12.1 Å². The number of hydrogen-bond donors (Lipinski definition) is 6. The van der Waals surface area contributed by atoms with E-state index in [-0.39, 0.29) is 59.6 Å². The minimum atomic E-state index is -1.79. The first-order valence-electron chi connectivity index (χ1n) is 16.9. The number of aliphatic hydroxyl groups is 4. The topological polar surface area (TPSA) is 217 Å². The molecule has 3 fully saturated rings. The van der Waals surface area contributed by atoms with Gasteiger partial charge in [-0.2, -0.15) is 15.3 Å². The molecule has 0 spiro atoms. The molecule has 14 heteroatoms. The van der Waals surface area contributed by atoms with E-state index in [1.54, 1.807) is 26.0 Å².